The SMILES string of the molecule is O=[P+]1OP(=O)(O)OP(=O)(O)O1. The molecule has 0 aromatic rings. The molecule has 0 saturated carbocycles. The van der Waals surface area contributed by atoms with Crippen LogP contribution in [0.5, 0.6) is 0 Å². The van der Waals surface area contributed by atoms with E-state index in [1.54, 1.807) is 0 Å². The second kappa shape index (κ2) is 2.69. The maximum absolute atomic E-state index is 10.4. The Morgan fingerprint density at radius 1 is 1.09 bits per heavy atom. The van der Waals surface area contributed by atoms with Gasteiger partial charge in [0.05, 0.1) is 0 Å². The van der Waals surface area contributed by atoms with Crippen LogP contribution in [0.2, 0.25) is 0 Å². The summed E-state index contributed by atoms with van der Waals surface area (Å²) in [5, 5.41) is 0. The lowest BCUT2D eigenvalue weighted by atomic mass is 15.7. The van der Waals surface area contributed by atoms with Gasteiger partial charge in [0.1, 0.15) is 0 Å². The molecule has 2 atom stereocenters. The Labute approximate surface area is 61.3 Å². The van der Waals surface area contributed by atoms with E-state index in [2.05, 4.69) is 12.9 Å². The fourth-order valence-electron chi connectivity index (χ4n) is 0.344. The van der Waals surface area contributed by atoms with Gasteiger partial charge in [0.15, 0.2) is 0 Å². The average molecular weight is 223 g/mol. The Hall–Kier alpha value is 0.360. The van der Waals surface area contributed by atoms with Crippen LogP contribution in [0, 0.1) is 0 Å². The summed E-state index contributed by atoms with van der Waals surface area (Å²) in [6, 6.07) is 0. The normalized spacial score (nSPS) is 49.1. The zero-order valence-electron chi connectivity index (χ0n) is 4.69. The van der Waals surface area contributed by atoms with Crippen LogP contribution in [-0.2, 0) is 26.6 Å². The van der Waals surface area contributed by atoms with Crippen LogP contribution in [0.25, 0.3) is 0 Å². The van der Waals surface area contributed by atoms with Gasteiger partial charge in [-0.2, -0.15) is 4.31 Å². The first-order valence-electron chi connectivity index (χ1n) is 2.04. The number of hydrogen-bond acceptors (Lipinski definition) is 6. The van der Waals surface area contributed by atoms with Gasteiger partial charge in [0, 0.05) is 4.57 Å². The predicted octanol–water partition coefficient (Wildman–Crippen LogP) is 0.908. The van der Waals surface area contributed by atoms with Crippen molar-refractivity contribution in [2.45, 2.75) is 0 Å². The summed E-state index contributed by atoms with van der Waals surface area (Å²) in [5.41, 5.74) is 0. The van der Waals surface area contributed by atoms with Gasteiger partial charge >= 0.3 is 23.9 Å². The molecule has 1 fully saturated rings. The molecule has 0 radical (unpaired) electrons. The molecule has 0 amide bonds. The lowest BCUT2D eigenvalue weighted by Gasteiger charge is -2.10. The zero-order valence-corrected chi connectivity index (χ0v) is 7.37. The monoisotopic (exact) mass is 223 g/mol. The summed E-state index contributed by atoms with van der Waals surface area (Å²) in [6.45, 7) is 0. The standard InChI is InChI=1S/HO8P3/c1-9-6-10(2,3)8-11(4,5)7-9/h(H-,2,3,4,5)/p+1. The molecule has 0 aliphatic carbocycles. The van der Waals surface area contributed by atoms with Crippen molar-refractivity contribution in [1.29, 1.82) is 0 Å². The highest BCUT2D eigenvalue weighted by atomic mass is 31.3. The van der Waals surface area contributed by atoms with Gasteiger partial charge in [0.25, 0.3) is 0 Å². The molecule has 1 heterocycles. The van der Waals surface area contributed by atoms with Crippen molar-refractivity contribution < 1.29 is 36.4 Å². The van der Waals surface area contributed by atoms with Crippen molar-refractivity contribution in [2.75, 3.05) is 0 Å². The molecular weight excluding hydrogens is 221 g/mol. The maximum Gasteiger partial charge on any atom is 0.719 e. The van der Waals surface area contributed by atoms with E-state index in [1.807, 2.05) is 0 Å². The topological polar surface area (TPSA) is 119 Å². The van der Waals surface area contributed by atoms with Crippen molar-refractivity contribution in [3.63, 3.8) is 0 Å². The molecule has 2 N–H and O–H groups in total. The van der Waals surface area contributed by atoms with Crippen LogP contribution in [0.4, 0.5) is 0 Å². The first-order chi connectivity index (χ1) is 4.81. The summed E-state index contributed by atoms with van der Waals surface area (Å²) in [4.78, 5) is 16.8. The number of rotatable bonds is 0. The Morgan fingerprint density at radius 2 is 1.45 bits per heavy atom. The molecule has 64 valence electrons. The van der Waals surface area contributed by atoms with Crippen molar-refractivity contribution in [3.8, 4) is 0 Å². The van der Waals surface area contributed by atoms with E-state index in [4.69, 9.17) is 9.79 Å². The zero-order chi connectivity index (χ0) is 8.70. The molecule has 8 nitrogen and oxygen atoms in total. The smallest absolute Gasteiger partial charge is 0.300 e. The van der Waals surface area contributed by atoms with Gasteiger partial charge < -0.3 is 0 Å². The highest BCUT2D eigenvalue weighted by Crippen LogP contribution is 2.72. The Balaban J connectivity index is 2.92. The van der Waals surface area contributed by atoms with E-state index in [0.717, 1.165) is 0 Å². The Kier molecular flexibility index (Phi) is 2.31. The third-order valence-corrected chi connectivity index (χ3v) is 4.91. The van der Waals surface area contributed by atoms with Crippen LogP contribution < -0.4 is 0 Å². The van der Waals surface area contributed by atoms with Crippen LogP contribution in [0.3, 0.4) is 0 Å². The lowest BCUT2D eigenvalue weighted by molar-refractivity contribution is 0.201. The van der Waals surface area contributed by atoms with E-state index in [0.29, 0.717) is 0 Å². The minimum Gasteiger partial charge on any atom is -0.300 e. The number of hydrogen-bond donors (Lipinski definition) is 2. The molecule has 0 aromatic carbocycles. The lowest BCUT2D eigenvalue weighted by Crippen LogP contribution is -1.96. The molecule has 1 saturated heterocycles. The third-order valence-electron chi connectivity index (χ3n) is 0.546. The van der Waals surface area contributed by atoms with Gasteiger partial charge in [-0.1, -0.05) is 0 Å². The van der Waals surface area contributed by atoms with Gasteiger partial charge in [-0.25, -0.2) is 9.13 Å². The molecule has 11 heavy (non-hydrogen) atoms. The Bertz CT molecular complexity index is 249. The van der Waals surface area contributed by atoms with Crippen LogP contribution in [0.15, 0.2) is 0 Å². The summed E-state index contributed by atoms with van der Waals surface area (Å²) in [5.74, 6) is 0. The van der Waals surface area contributed by atoms with Crippen LogP contribution in [-0.4, -0.2) is 9.79 Å². The molecule has 1 aliphatic rings. The summed E-state index contributed by atoms with van der Waals surface area (Å²) < 4.78 is 41.8. The summed E-state index contributed by atoms with van der Waals surface area (Å²) in [7, 11) is -12.4. The second-order valence-electron chi connectivity index (χ2n) is 1.41. The molecule has 0 spiro atoms. The molecule has 1 rings (SSSR count). The maximum atomic E-state index is 10.4. The van der Waals surface area contributed by atoms with Gasteiger partial charge in [-0.05, 0) is 8.62 Å². The third kappa shape index (κ3) is 2.71. The first-order valence-corrected chi connectivity index (χ1v) is 6.13. The molecule has 11 heteroatoms. The molecular formula is H2O8P3+. The predicted molar refractivity (Wildman–Crippen MR) is 30.5 cm³/mol. The van der Waals surface area contributed by atoms with E-state index in [1.165, 1.54) is 0 Å². The van der Waals surface area contributed by atoms with E-state index < -0.39 is 23.9 Å². The van der Waals surface area contributed by atoms with Crippen molar-refractivity contribution >= 4 is 23.9 Å². The molecule has 2 unspecified atom stereocenters. The first kappa shape index (κ1) is 9.45. The minimum atomic E-state index is -4.69. The molecule has 0 aromatic heterocycles. The largest absolute Gasteiger partial charge is 0.719 e. The van der Waals surface area contributed by atoms with E-state index in [-0.39, 0.29) is 0 Å². The van der Waals surface area contributed by atoms with Gasteiger partial charge in [-0.15, -0.1) is 0 Å². The van der Waals surface area contributed by atoms with Crippen LogP contribution >= 0.6 is 23.9 Å². The van der Waals surface area contributed by atoms with Crippen molar-refractivity contribution in [2.24, 2.45) is 0 Å². The fourth-order valence-corrected chi connectivity index (χ4v) is 3.90. The quantitative estimate of drug-likeness (QED) is 0.581. The van der Waals surface area contributed by atoms with E-state index in [9.17, 15) is 13.7 Å². The van der Waals surface area contributed by atoms with Crippen LogP contribution in [0.1, 0.15) is 0 Å². The van der Waals surface area contributed by atoms with Crippen molar-refractivity contribution in [3.05, 3.63) is 0 Å². The van der Waals surface area contributed by atoms with E-state index >= 15 is 0 Å². The fraction of sp³-hybridized carbons (Fsp3) is 0. The number of phosphoric acid groups is 2. The second-order valence-corrected chi connectivity index (χ2v) is 5.69. The average Bonchev–Trinajstić information content (AvgIpc) is 1.49. The molecule has 1 aliphatic heterocycles. The van der Waals surface area contributed by atoms with Gasteiger partial charge in [0.2, 0.25) is 0 Å². The van der Waals surface area contributed by atoms with Crippen molar-refractivity contribution in [1.82, 2.24) is 0 Å². The summed E-state index contributed by atoms with van der Waals surface area (Å²) in [6.07, 6.45) is 0. The van der Waals surface area contributed by atoms with Gasteiger partial charge in [-0.3, -0.25) is 9.79 Å². The highest BCUT2D eigenvalue weighted by molar-refractivity contribution is 7.71. The minimum absolute atomic E-state index is 3.07. The summed E-state index contributed by atoms with van der Waals surface area (Å²) >= 11 is 0. The molecule has 0 bridgehead atoms. The highest BCUT2D eigenvalue weighted by Gasteiger charge is 2.55. The Morgan fingerprint density at radius 3 is 1.73 bits per heavy atom.